The summed E-state index contributed by atoms with van der Waals surface area (Å²) in [5.41, 5.74) is 3.16. The van der Waals surface area contributed by atoms with E-state index >= 15 is 0 Å². The summed E-state index contributed by atoms with van der Waals surface area (Å²) in [4.78, 5) is 0. The van der Waals surface area contributed by atoms with Crippen LogP contribution in [0.5, 0.6) is 5.75 Å². The zero-order chi connectivity index (χ0) is 14.4. The van der Waals surface area contributed by atoms with Crippen LogP contribution in [-0.4, -0.2) is 6.61 Å². The molecule has 0 unspecified atom stereocenters. The normalized spacial score (nSPS) is 10.1. The number of benzene rings is 2. The Balaban J connectivity index is 2.08. The number of hydrogen-bond acceptors (Lipinski definition) is 2. The van der Waals surface area contributed by atoms with E-state index in [9.17, 15) is 0 Å². The van der Waals surface area contributed by atoms with Crippen molar-refractivity contribution >= 4 is 17.3 Å². The van der Waals surface area contributed by atoms with Crippen LogP contribution in [0, 0.1) is 6.92 Å². The van der Waals surface area contributed by atoms with E-state index in [-0.39, 0.29) is 0 Å². The highest BCUT2D eigenvalue weighted by molar-refractivity contribution is 6.33. The Morgan fingerprint density at radius 2 is 2.05 bits per heavy atom. The second-order valence-corrected chi connectivity index (χ2v) is 4.95. The van der Waals surface area contributed by atoms with Crippen LogP contribution in [0.4, 0.5) is 5.69 Å². The van der Waals surface area contributed by atoms with Gasteiger partial charge in [-0.25, -0.2) is 0 Å². The second kappa shape index (κ2) is 7.01. The van der Waals surface area contributed by atoms with Crippen LogP contribution in [0.1, 0.15) is 11.1 Å². The van der Waals surface area contributed by atoms with E-state index in [2.05, 4.69) is 11.9 Å². The van der Waals surface area contributed by atoms with Crippen molar-refractivity contribution in [3.63, 3.8) is 0 Å². The first-order chi connectivity index (χ1) is 9.70. The number of ether oxygens (including phenoxy) is 1. The lowest BCUT2D eigenvalue weighted by Gasteiger charge is -2.13. The van der Waals surface area contributed by atoms with Gasteiger partial charge >= 0.3 is 0 Å². The number of anilines is 1. The number of hydrogen-bond donors (Lipinski definition) is 1. The van der Waals surface area contributed by atoms with Crippen LogP contribution < -0.4 is 10.1 Å². The molecule has 0 heterocycles. The summed E-state index contributed by atoms with van der Waals surface area (Å²) in [5, 5.41) is 4.07. The molecule has 0 bridgehead atoms. The molecule has 2 aromatic rings. The van der Waals surface area contributed by atoms with E-state index in [1.807, 2.05) is 49.4 Å². The number of rotatable bonds is 6. The molecule has 20 heavy (non-hydrogen) atoms. The lowest BCUT2D eigenvalue weighted by molar-refractivity contribution is 0.359. The van der Waals surface area contributed by atoms with E-state index < -0.39 is 0 Å². The molecule has 0 amide bonds. The fourth-order valence-electron chi connectivity index (χ4n) is 1.89. The predicted molar refractivity (Wildman–Crippen MR) is 85.6 cm³/mol. The first-order valence-corrected chi connectivity index (χ1v) is 6.90. The Kier molecular flexibility index (Phi) is 5.08. The van der Waals surface area contributed by atoms with Gasteiger partial charge < -0.3 is 10.1 Å². The Morgan fingerprint density at radius 1 is 1.25 bits per heavy atom. The minimum atomic E-state index is 0.502. The smallest absolute Gasteiger partial charge is 0.124 e. The molecule has 1 N–H and O–H groups in total. The van der Waals surface area contributed by atoms with Gasteiger partial charge in [0.15, 0.2) is 0 Å². The SMILES string of the molecule is C=CCOc1ccccc1CNc1ccc(C)cc1Cl. The summed E-state index contributed by atoms with van der Waals surface area (Å²) in [6.07, 6.45) is 1.74. The molecule has 0 aromatic heterocycles. The van der Waals surface area contributed by atoms with Crippen molar-refractivity contribution < 1.29 is 4.74 Å². The fourth-order valence-corrected chi connectivity index (χ4v) is 2.20. The largest absolute Gasteiger partial charge is 0.489 e. The average Bonchev–Trinajstić information content (AvgIpc) is 2.45. The lowest BCUT2D eigenvalue weighted by atomic mass is 10.2. The molecule has 0 saturated heterocycles. The minimum Gasteiger partial charge on any atom is -0.489 e. The second-order valence-electron chi connectivity index (χ2n) is 4.54. The highest BCUT2D eigenvalue weighted by atomic mass is 35.5. The maximum atomic E-state index is 6.21. The van der Waals surface area contributed by atoms with E-state index in [0.29, 0.717) is 13.2 Å². The number of nitrogens with one attached hydrogen (secondary N) is 1. The number of para-hydroxylation sites is 1. The molecular weight excluding hydrogens is 270 g/mol. The van der Waals surface area contributed by atoms with Crippen LogP contribution in [0.2, 0.25) is 5.02 Å². The zero-order valence-corrected chi connectivity index (χ0v) is 12.3. The molecule has 0 atom stereocenters. The third-order valence-corrected chi connectivity index (χ3v) is 3.24. The molecule has 0 aliphatic rings. The minimum absolute atomic E-state index is 0.502. The average molecular weight is 288 g/mol. The van der Waals surface area contributed by atoms with E-state index in [1.165, 1.54) is 0 Å². The van der Waals surface area contributed by atoms with Gasteiger partial charge in [0.1, 0.15) is 12.4 Å². The lowest BCUT2D eigenvalue weighted by Crippen LogP contribution is -2.03. The van der Waals surface area contributed by atoms with Gasteiger partial charge in [-0.05, 0) is 30.7 Å². The van der Waals surface area contributed by atoms with Gasteiger partial charge in [0.2, 0.25) is 0 Å². The number of aryl methyl sites for hydroxylation is 1. The van der Waals surface area contributed by atoms with Gasteiger partial charge in [-0.2, -0.15) is 0 Å². The summed E-state index contributed by atoms with van der Waals surface area (Å²) in [6, 6.07) is 13.9. The van der Waals surface area contributed by atoms with Crippen LogP contribution >= 0.6 is 11.6 Å². The van der Waals surface area contributed by atoms with E-state index in [0.717, 1.165) is 27.6 Å². The Labute approximate surface area is 125 Å². The van der Waals surface area contributed by atoms with Crippen LogP contribution in [0.25, 0.3) is 0 Å². The highest BCUT2D eigenvalue weighted by Gasteiger charge is 2.04. The van der Waals surface area contributed by atoms with Crippen LogP contribution in [0.15, 0.2) is 55.1 Å². The zero-order valence-electron chi connectivity index (χ0n) is 11.5. The monoisotopic (exact) mass is 287 g/mol. The molecule has 2 rings (SSSR count). The molecule has 0 spiro atoms. The molecule has 3 heteroatoms. The molecule has 104 valence electrons. The van der Waals surface area contributed by atoms with Crippen molar-refractivity contribution in [2.24, 2.45) is 0 Å². The Bertz CT molecular complexity index is 595. The Hall–Kier alpha value is -1.93. The number of halogens is 1. The maximum absolute atomic E-state index is 6.21. The van der Waals surface area contributed by atoms with E-state index in [1.54, 1.807) is 6.08 Å². The van der Waals surface area contributed by atoms with Gasteiger partial charge in [0.05, 0.1) is 10.7 Å². The van der Waals surface area contributed by atoms with Crippen molar-refractivity contribution in [2.75, 3.05) is 11.9 Å². The maximum Gasteiger partial charge on any atom is 0.124 e. The van der Waals surface area contributed by atoms with Crippen LogP contribution in [-0.2, 0) is 6.54 Å². The molecule has 2 aromatic carbocycles. The molecule has 0 fully saturated rings. The van der Waals surface area contributed by atoms with Crippen molar-refractivity contribution in [1.82, 2.24) is 0 Å². The summed E-state index contributed by atoms with van der Waals surface area (Å²) >= 11 is 6.21. The molecule has 0 radical (unpaired) electrons. The third kappa shape index (κ3) is 3.78. The van der Waals surface area contributed by atoms with Gasteiger partial charge in [-0.1, -0.05) is 48.5 Å². The summed E-state index contributed by atoms with van der Waals surface area (Å²) in [6.45, 7) is 6.85. The van der Waals surface area contributed by atoms with Crippen molar-refractivity contribution in [3.8, 4) is 5.75 Å². The van der Waals surface area contributed by atoms with Crippen molar-refractivity contribution in [3.05, 3.63) is 71.3 Å². The van der Waals surface area contributed by atoms with Gasteiger partial charge in [0.25, 0.3) is 0 Å². The third-order valence-electron chi connectivity index (χ3n) is 2.92. The summed E-state index contributed by atoms with van der Waals surface area (Å²) in [5.74, 6) is 0.864. The van der Waals surface area contributed by atoms with Crippen molar-refractivity contribution in [1.29, 1.82) is 0 Å². The van der Waals surface area contributed by atoms with E-state index in [4.69, 9.17) is 16.3 Å². The summed E-state index contributed by atoms with van der Waals surface area (Å²) < 4.78 is 5.63. The van der Waals surface area contributed by atoms with Gasteiger partial charge in [0, 0.05) is 12.1 Å². The van der Waals surface area contributed by atoms with Crippen LogP contribution in [0.3, 0.4) is 0 Å². The standard InChI is InChI=1S/C17H18ClNO/c1-3-10-20-17-7-5-4-6-14(17)12-19-16-9-8-13(2)11-15(16)18/h3-9,11,19H,1,10,12H2,2H3. The predicted octanol–water partition coefficient (Wildman–Crippen LogP) is 4.83. The topological polar surface area (TPSA) is 21.3 Å². The van der Waals surface area contributed by atoms with Crippen molar-refractivity contribution in [2.45, 2.75) is 13.5 Å². The first kappa shape index (κ1) is 14.5. The molecule has 0 aliphatic heterocycles. The highest BCUT2D eigenvalue weighted by Crippen LogP contribution is 2.25. The molecular formula is C17H18ClNO. The molecule has 0 aliphatic carbocycles. The molecule has 0 saturated carbocycles. The van der Waals surface area contributed by atoms with Gasteiger partial charge in [-0.15, -0.1) is 0 Å². The summed E-state index contributed by atoms with van der Waals surface area (Å²) in [7, 11) is 0. The fraction of sp³-hybridized carbons (Fsp3) is 0.176. The molecule has 2 nitrogen and oxygen atoms in total. The van der Waals surface area contributed by atoms with Gasteiger partial charge in [-0.3, -0.25) is 0 Å². The Morgan fingerprint density at radius 3 is 2.80 bits per heavy atom. The quantitative estimate of drug-likeness (QED) is 0.769. The first-order valence-electron chi connectivity index (χ1n) is 6.52.